The molecular formula is C17H17NO4. The molecule has 0 unspecified atom stereocenters. The number of carbonyl (C=O) groups excluding carboxylic acids is 1. The lowest BCUT2D eigenvalue weighted by molar-refractivity contribution is -0.136. The molecule has 3 rings (SSSR count). The van der Waals surface area contributed by atoms with Crippen LogP contribution in [0.15, 0.2) is 41.0 Å². The summed E-state index contributed by atoms with van der Waals surface area (Å²) in [6, 6.07) is 9.77. The number of aliphatic carboxylic acids is 1. The molecule has 0 fully saturated rings. The molecule has 5 heteroatoms. The summed E-state index contributed by atoms with van der Waals surface area (Å²) in [5.41, 5.74) is 2.90. The summed E-state index contributed by atoms with van der Waals surface area (Å²) in [7, 11) is 0. The SMILES string of the molecule is O=C(O)Cc1occc1C(=O)N1CCc2ccccc2CC1. The van der Waals surface area contributed by atoms with E-state index in [1.807, 2.05) is 12.1 Å². The molecule has 1 aliphatic rings. The van der Waals surface area contributed by atoms with E-state index in [9.17, 15) is 9.59 Å². The molecule has 0 aliphatic carbocycles. The van der Waals surface area contributed by atoms with Crippen molar-refractivity contribution in [2.24, 2.45) is 0 Å². The van der Waals surface area contributed by atoms with Crippen molar-refractivity contribution in [2.75, 3.05) is 13.1 Å². The largest absolute Gasteiger partial charge is 0.481 e. The van der Waals surface area contributed by atoms with Crippen LogP contribution in [0.1, 0.15) is 27.2 Å². The van der Waals surface area contributed by atoms with Crippen molar-refractivity contribution < 1.29 is 19.1 Å². The first-order valence-electron chi connectivity index (χ1n) is 7.29. The van der Waals surface area contributed by atoms with Crippen LogP contribution in [0.4, 0.5) is 0 Å². The Morgan fingerprint density at radius 1 is 1.09 bits per heavy atom. The van der Waals surface area contributed by atoms with Crippen LogP contribution in [-0.2, 0) is 24.1 Å². The summed E-state index contributed by atoms with van der Waals surface area (Å²) in [6.45, 7) is 1.26. The Morgan fingerprint density at radius 3 is 2.32 bits per heavy atom. The van der Waals surface area contributed by atoms with E-state index >= 15 is 0 Å². The van der Waals surface area contributed by atoms with Crippen LogP contribution >= 0.6 is 0 Å². The fourth-order valence-corrected chi connectivity index (χ4v) is 2.85. The van der Waals surface area contributed by atoms with E-state index in [0.29, 0.717) is 18.7 Å². The molecule has 0 atom stereocenters. The second kappa shape index (κ2) is 6.05. The molecule has 0 saturated carbocycles. The molecule has 1 aromatic heterocycles. The van der Waals surface area contributed by atoms with Gasteiger partial charge in [0.25, 0.3) is 5.91 Å². The standard InChI is InChI=1S/C17H17NO4/c19-16(20)11-15-14(7-10-22-15)17(21)18-8-5-12-3-1-2-4-13(12)6-9-18/h1-4,7,10H,5-6,8-9,11H2,(H,19,20). The van der Waals surface area contributed by atoms with E-state index in [0.717, 1.165) is 12.8 Å². The van der Waals surface area contributed by atoms with Gasteiger partial charge in [-0.25, -0.2) is 0 Å². The highest BCUT2D eigenvalue weighted by atomic mass is 16.4. The van der Waals surface area contributed by atoms with Gasteiger partial charge in [0, 0.05) is 13.1 Å². The molecule has 0 radical (unpaired) electrons. The van der Waals surface area contributed by atoms with E-state index in [2.05, 4.69) is 12.1 Å². The lowest BCUT2D eigenvalue weighted by Crippen LogP contribution is -2.33. The van der Waals surface area contributed by atoms with E-state index in [-0.39, 0.29) is 18.1 Å². The molecule has 5 nitrogen and oxygen atoms in total. The third kappa shape index (κ3) is 2.88. The van der Waals surface area contributed by atoms with Crippen LogP contribution in [0.25, 0.3) is 0 Å². The number of hydrogen-bond acceptors (Lipinski definition) is 3. The molecule has 0 spiro atoms. The van der Waals surface area contributed by atoms with Crippen molar-refractivity contribution >= 4 is 11.9 Å². The molecular weight excluding hydrogens is 282 g/mol. The predicted octanol–water partition coefficient (Wildman–Crippen LogP) is 2.15. The average Bonchev–Trinajstić information content (AvgIpc) is 2.83. The first-order valence-corrected chi connectivity index (χ1v) is 7.29. The zero-order chi connectivity index (χ0) is 15.5. The van der Waals surface area contributed by atoms with Crippen LogP contribution in [-0.4, -0.2) is 35.0 Å². The maximum atomic E-state index is 12.6. The minimum absolute atomic E-state index is 0.155. The van der Waals surface area contributed by atoms with Crippen LogP contribution < -0.4 is 0 Å². The molecule has 22 heavy (non-hydrogen) atoms. The number of carboxylic acid groups (broad SMARTS) is 1. The number of rotatable bonds is 3. The number of amides is 1. The lowest BCUT2D eigenvalue weighted by atomic mass is 10.0. The fraction of sp³-hybridized carbons (Fsp3) is 0.294. The van der Waals surface area contributed by atoms with Crippen molar-refractivity contribution in [3.8, 4) is 0 Å². The Morgan fingerprint density at radius 2 is 1.73 bits per heavy atom. The van der Waals surface area contributed by atoms with Crippen molar-refractivity contribution in [2.45, 2.75) is 19.3 Å². The van der Waals surface area contributed by atoms with E-state index in [1.54, 1.807) is 11.0 Å². The molecule has 0 bridgehead atoms. The van der Waals surface area contributed by atoms with Crippen molar-refractivity contribution in [3.05, 3.63) is 59.0 Å². The van der Waals surface area contributed by atoms with E-state index in [1.165, 1.54) is 17.4 Å². The van der Waals surface area contributed by atoms with E-state index < -0.39 is 5.97 Å². The number of furan rings is 1. The highest BCUT2D eigenvalue weighted by molar-refractivity contribution is 5.96. The Hall–Kier alpha value is -2.56. The molecule has 1 amide bonds. The molecule has 1 aromatic carbocycles. The first kappa shape index (κ1) is 14.4. The second-order valence-corrected chi connectivity index (χ2v) is 5.39. The molecule has 0 saturated heterocycles. The van der Waals surface area contributed by atoms with Crippen molar-refractivity contribution in [1.29, 1.82) is 0 Å². The topological polar surface area (TPSA) is 70.7 Å². The Bertz CT molecular complexity index is 677. The van der Waals surface area contributed by atoms with Crippen molar-refractivity contribution in [1.82, 2.24) is 4.90 Å². The number of carbonyl (C=O) groups is 2. The lowest BCUT2D eigenvalue weighted by Gasteiger charge is -2.20. The maximum Gasteiger partial charge on any atom is 0.311 e. The minimum atomic E-state index is -1.01. The summed E-state index contributed by atoms with van der Waals surface area (Å²) in [5.74, 6) is -0.940. The number of hydrogen-bond donors (Lipinski definition) is 1. The van der Waals surface area contributed by atoms with Gasteiger partial charge in [0.1, 0.15) is 12.2 Å². The van der Waals surface area contributed by atoms with Crippen molar-refractivity contribution in [3.63, 3.8) is 0 Å². The Balaban J connectivity index is 1.77. The zero-order valence-corrected chi connectivity index (χ0v) is 12.1. The van der Waals surface area contributed by atoms with Gasteiger partial charge in [-0.05, 0) is 30.0 Å². The summed E-state index contributed by atoms with van der Waals surface area (Å²) >= 11 is 0. The van der Waals surface area contributed by atoms with Crippen LogP contribution in [0.5, 0.6) is 0 Å². The predicted molar refractivity (Wildman–Crippen MR) is 79.8 cm³/mol. The van der Waals surface area contributed by atoms with E-state index in [4.69, 9.17) is 9.52 Å². The van der Waals surface area contributed by atoms with Gasteiger partial charge in [0.2, 0.25) is 0 Å². The molecule has 114 valence electrons. The Labute approximate surface area is 128 Å². The van der Waals surface area contributed by atoms with Gasteiger partial charge in [-0.15, -0.1) is 0 Å². The summed E-state index contributed by atoms with van der Waals surface area (Å²) in [4.78, 5) is 25.3. The zero-order valence-electron chi connectivity index (χ0n) is 12.1. The van der Waals surface area contributed by atoms with Gasteiger partial charge in [0.15, 0.2) is 0 Å². The average molecular weight is 299 g/mol. The normalized spacial score (nSPS) is 14.3. The smallest absolute Gasteiger partial charge is 0.311 e. The number of benzene rings is 1. The highest BCUT2D eigenvalue weighted by Crippen LogP contribution is 2.19. The number of nitrogens with zero attached hydrogens (tertiary/aromatic N) is 1. The van der Waals surface area contributed by atoms with Gasteiger partial charge >= 0.3 is 5.97 Å². The second-order valence-electron chi connectivity index (χ2n) is 5.39. The number of carboxylic acids is 1. The quantitative estimate of drug-likeness (QED) is 0.942. The summed E-state index contributed by atoms with van der Waals surface area (Å²) in [5, 5.41) is 8.88. The van der Waals surface area contributed by atoms with Crippen LogP contribution in [0.2, 0.25) is 0 Å². The van der Waals surface area contributed by atoms with Gasteiger partial charge in [0.05, 0.1) is 11.8 Å². The van der Waals surface area contributed by atoms with Gasteiger partial charge in [-0.3, -0.25) is 9.59 Å². The maximum absolute atomic E-state index is 12.6. The molecule has 2 aromatic rings. The first-order chi connectivity index (χ1) is 10.6. The third-order valence-corrected chi connectivity index (χ3v) is 4.00. The Kier molecular flexibility index (Phi) is 3.96. The van der Waals surface area contributed by atoms with Crippen LogP contribution in [0.3, 0.4) is 0 Å². The van der Waals surface area contributed by atoms with Crippen LogP contribution in [0, 0.1) is 0 Å². The summed E-state index contributed by atoms with van der Waals surface area (Å²) < 4.78 is 5.15. The third-order valence-electron chi connectivity index (χ3n) is 4.00. The highest BCUT2D eigenvalue weighted by Gasteiger charge is 2.24. The van der Waals surface area contributed by atoms with Gasteiger partial charge in [-0.1, -0.05) is 24.3 Å². The number of fused-ring (bicyclic) bond motifs is 1. The summed E-state index contributed by atoms with van der Waals surface area (Å²) in [6.07, 6.45) is 2.72. The molecule has 1 aliphatic heterocycles. The van der Waals surface area contributed by atoms with Gasteiger partial charge < -0.3 is 14.4 Å². The molecule has 1 N–H and O–H groups in total. The minimum Gasteiger partial charge on any atom is -0.481 e. The fourth-order valence-electron chi connectivity index (χ4n) is 2.85. The molecule has 2 heterocycles. The van der Waals surface area contributed by atoms with Gasteiger partial charge in [-0.2, -0.15) is 0 Å². The monoisotopic (exact) mass is 299 g/mol.